The summed E-state index contributed by atoms with van der Waals surface area (Å²) in [5.74, 6) is 1.24. The zero-order valence-corrected chi connectivity index (χ0v) is 19.1. The molecule has 4 rings (SSSR count). The van der Waals surface area contributed by atoms with Crippen LogP contribution in [-0.2, 0) is 14.8 Å². The van der Waals surface area contributed by atoms with Crippen molar-refractivity contribution in [3.8, 4) is 5.69 Å². The van der Waals surface area contributed by atoms with Gasteiger partial charge in [0.15, 0.2) is 0 Å². The zero-order valence-electron chi connectivity index (χ0n) is 17.5. The molecule has 0 atom stereocenters. The smallest absolute Gasteiger partial charge is 0.238 e. The van der Waals surface area contributed by atoms with E-state index in [9.17, 15) is 13.2 Å². The molecular formula is C22H25N5O3S2. The van der Waals surface area contributed by atoms with E-state index in [2.05, 4.69) is 10.4 Å². The van der Waals surface area contributed by atoms with Crippen LogP contribution in [0.1, 0.15) is 43.8 Å². The van der Waals surface area contributed by atoms with Gasteiger partial charge in [-0.05, 0) is 49.2 Å². The average Bonchev–Trinajstić information content (AvgIpc) is 3.23. The van der Waals surface area contributed by atoms with E-state index in [1.165, 1.54) is 55.3 Å². The van der Waals surface area contributed by atoms with E-state index < -0.39 is 10.0 Å². The van der Waals surface area contributed by atoms with Gasteiger partial charge in [0.05, 0.1) is 16.3 Å². The molecule has 32 heavy (non-hydrogen) atoms. The topological polar surface area (TPSA) is 120 Å². The van der Waals surface area contributed by atoms with Crippen LogP contribution in [0.3, 0.4) is 0 Å². The Balaban J connectivity index is 1.44. The van der Waals surface area contributed by atoms with Crippen molar-refractivity contribution in [2.45, 2.75) is 48.1 Å². The largest absolute Gasteiger partial charge is 0.325 e. The highest BCUT2D eigenvalue weighted by Gasteiger charge is 2.23. The third-order valence-electron chi connectivity index (χ3n) is 5.38. The first kappa shape index (κ1) is 22.5. The summed E-state index contributed by atoms with van der Waals surface area (Å²) in [7, 11) is -3.76. The number of aromatic nitrogens is 3. The van der Waals surface area contributed by atoms with Gasteiger partial charge in [-0.1, -0.05) is 49.2 Å². The van der Waals surface area contributed by atoms with Gasteiger partial charge in [-0.3, -0.25) is 4.79 Å². The molecule has 168 valence electrons. The monoisotopic (exact) mass is 471 g/mol. The second kappa shape index (κ2) is 9.85. The van der Waals surface area contributed by atoms with Crippen molar-refractivity contribution < 1.29 is 13.2 Å². The van der Waals surface area contributed by atoms with Gasteiger partial charge in [0.1, 0.15) is 5.82 Å². The van der Waals surface area contributed by atoms with Crippen LogP contribution in [0.4, 0.5) is 5.69 Å². The minimum atomic E-state index is -3.76. The Hall–Kier alpha value is -2.69. The van der Waals surface area contributed by atoms with E-state index in [1.54, 1.807) is 0 Å². The predicted octanol–water partition coefficient (Wildman–Crippen LogP) is 3.69. The number of thioether (sulfide) groups is 1. The number of hydrogen-bond acceptors (Lipinski definition) is 6. The Morgan fingerprint density at radius 3 is 2.41 bits per heavy atom. The van der Waals surface area contributed by atoms with Gasteiger partial charge >= 0.3 is 0 Å². The Kier molecular flexibility index (Phi) is 6.92. The van der Waals surface area contributed by atoms with Gasteiger partial charge in [0.25, 0.3) is 0 Å². The molecule has 0 saturated heterocycles. The van der Waals surface area contributed by atoms with Crippen molar-refractivity contribution in [3.63, 3.8) is 0 Å². The van der Waals surface area contributed by atoms with Gasteiger partial charge in [-0.15, -0.1) is 5.10 Å². The van der Waals surface area contributed by atoms with Crippen molar-refractivity contribution in [1.29, 1.82) is 0 Å². The van der Waals surface area contributed by atoms with E-state index in [1.807, 2.05) is 35.0 Å². The number of amides is 1. The van der Waals surface area contributed by atoms with Crippen LogP contribution in [0.25, 0.3) is 5.69 Å². The number of nitrogens with one attached hydrogen (secondary N) is 1. The fourth-order valence-corrected chi connectivity index (χ4v) is 4.95. The molecule has 1 aliphatic carbocycles. The van der Waals surface area contributed by atoms with Crippen LogP contribution in [0.2, 0.25) is 0 Å². The molecule has 0 aliphatic heterocycles. The summed E-state index contributed by atoms with van der Waals surface area (Å²) in [4.78, 5) is 17.2. The van der Waals surface area contributed by atoms with Gasteiger partial charge in [0, 0.05) is 11.6 Å². The maximum Gasteiger partial charge on any atom is 0.238 e. The van der Waals surface area contributed by atoms with Gasteiger partial charge < -0.3 is 5.32 Å². The quantitative estimate of drug-likeness (QED) is 0.507. The first-order valence-electron chi connectivity index (χ1n) is 10.5. The molecule has 8 nitrogen and oxygen atoms in total. The summed E-state index contributed by atoms with van der Waals surface area (Å²) in [6, 6.07) is 15.7. The van der Waals surface area contributed by atoms with E-state index in [4.69, 9.17) is 10.1 Å². The number of rotatable bonds is 7. The second-order valence-corrected chi connectivity index (χ2v) is 10.2. The molecule has 0 spiro atoms. The molecule has 10 heteroatoms. The number of carbonyl (C=O) groups excluding carboxylic acids is 1. The number of benzene rings is 2. The number of nitrogens with two attached hydrogens (primary N) is 1. The van der Waals surface area contributed by atoms with Crippen LogP contribution >= 0.6 is 11.8 Å². The molecule has 0 radical (unpaired) electrons. The minimum absolute atomic E-state index is 0.00392. The lowest BCUT2D eigenvalue weighted by atomic mass is 9.88. The normalized spacial score (nSPS) is 14.9. The lowest BCUT2D eigenvalue weighted by molar-refractivity contribution is -0.113. The molecule has 1 heterocycles. The summed E-state index contributed by atoms with van der Waals surface area (Å²) in [6.45, 7) is 0. The van der Waals surface area contributed by atoms with E-state index in [0.717, 1.165) is 24.4 Å². The number of sulfonamides is 1. The lowest BCUT2D eigenvalue weighted by Gasteiger charge is -2.21. The standard InChI is InChI=1S/C22H25N5O3S2/c23-32(29,30)19-13-11-17(12-14-19)24-20(28)15-31-22-25-21(16-7-3-1-4-8-16)27(26-22)18-9-5-2-6-10-18/h2,5-6,9-14,16H,1,3-4,7-8,15H2,(H,24,28)(H2,23,29,30). The van der Waals surface area contributed by atoms with Crippen molar-refractivity contribution >= 4 is 33.4 Å². The molecular weight excluding hydrogens is 446 g/mol. The number of anilines is 1. The molecule has 3 aromatic rings. The first-order valence-corrected chi connectivity index (χ1v) is 13.0. The number of hydrogen-bond donors (Lipinski definition) is 2. The highest BCUT2D eigenvalue weighted by atomic mass is 32.2. The maximum atomic E-state index is 12.4. The molecule has 1 fully saturated rings. The third kappa shape index (κ3) is 5.56. The van der Waals surface area contributed by atoms with Gasteiger partial charge in [0.2, 0.25) is 21.1 Å². The SMILES string of the molecule is NS(=O)(=O)c1ccc(NC(=O)CSc2nc(C3CCCCC3)n(-c3ccccc3)n2)cc1. The number of nitrogens with zero attached hydrogens (tertiary/aromatic N) is 3. The number of primary sulfonamides is 1. The van der Waals surface area contributed by atoms with Gasteiger partial charge in [-0.2, -0.15) is 0 Å². The van der Waals surface area contributed by atoms with Crippen LogP contribution in [0.15, 0.2) is 64.6 Å². The molecule has 1 saturated carbocycles. The molecule has 0 unspecified atom stereocenters. The number of carbonyl (C=O) groups is 1. The summed E-state index contributed by atoms with van der Waals surface area (Å²) in [5.41, 5.74) is 1.46. The van der Waals surface area contributed by atoms with Crippen LogP contribution < -0.4 is 10.5 Å². The summed E-state index contributed by atoms with van der Waals surface area (Å²) in [6.07, 6.45) is 5.86. The van der Waals surface area contributed by atoms with Crippen molar-refractivity contribution in [1.82, 2.24) is 14.8 Å². The Labute approximate surface area is 191 Å². The highest BCUT2D eigenvalue weighted by molar-refractivity contribution is 7.99. The molecule has 1 aliphatic rings. The predicted molar refractivity (Wildman–Crippen MR) is 124 cm³/mol. The third-order valence-corrected chi connectivity index (χ3v) is 7.15. The molecule has 0 bridgehead atoms. The Morgan fingerprint density at radius 2 is 1.75 bits per heavy atom. The lowest BCUT2D eigenvalue weighted by Crippen LogP contribution is -2.15. The van der Waals surface area contributed by atoms with E-state index >= 15 is 0 Å². The van der Waals surface area contributed by atoms with E-state index in [-0.39, 0.29) is 16.6 Å². The fourth-order valence-electron chi connectivity index (χ4n) is 3.80. The first-order chi connectivity index (χ1) is 15.4. The Morgan fingerprint density at radius 1 is 1.06 bits per heavy atom. The zero-order chi connectivity index (χ0) is 22.6. The minimum Gasteiger partial charge on any atom is -0.325 e. The Bertz CT molecular complexity index is 1170. The van der Waals surface area contributed by atoms with Crippen LogP contribution in [0.5, 0.6) is 0 Å². The second-order valence-electron chi connectivity index (χ2n) is 7.74. The molecule has 1 amide bonds. The fraction of sp³-hybridized carbons (Fsp3) is 0.318. The molecule has 1 aromatic heterocycles. The maximum absolute atomic E-state index is 12.4. The average molecular weight is 472 g/mol. The van der Waals surface area contributed by atoms with Crippen molar-refractivity contribution in [2.75, 3.05) is 11.1 Å². The van der Waals surface area contributed by atoms with E-state index in [0.29, 0.717) is 16.8 Å². The molecule has 2 aromatic carbocycles. The van der Waals surface area contributed by atoms with Crippen LogP contribution in [0, 0.1) is 0 Å². The summed E-state index contributed by atoms with van der Waals surface area (Å²) >= 11 is 1.28. The summed E-state index contributed by atoms with van der Waals surface area (Å²) in [5, 5.41) is 13.1. The molecule has 3 N–H and O–H groups in total. The van der Waals surface area contributed by atoms with Crippen molar-refractivity contribution in [2.24, 2.45) is 5.14 Å². The van der Waals surface area contributed by atoms with Gasteiger partial charge in [-0.25, -0.2) is 23.2 Å². The van der Waals surface area contributed by atoms with Crippen molar-refractivity contribution in [3.05, 3.63) is 60.4 Å². The number of para-hydroxylation sites is 1. The van der Waals surface area contributed by atoms with Crippen LogP contribution in [-0.4, -0.2) is 34.8 Å². The summed E-state index contributed by atoms with van der Waals surface area (Å²) < 4.78 is 24.6. The highest BCUT2D eigenvalue weighted by Crippen LogP contribution is 2.33.